The van der Waals surface area contributed by atoms with Crippen LogP contribution in [0.1, 0.15) is 49.4 Å². The van der Waals surface area contributed by atoms with Crippen molar-refractivity contribution in [2.24, 2.45) is 5.92 Å². The smallest absolute Gasteiger partial charge is 0.338 e. The Morgan fingerprint density at radius 1 is 1.47 bits per heavy atom. The molecular formula is C15H20FNO2. The molecule has 1 aliphatic rings. The first kappa shape index (κ1) is 13.8. The first-order chi connectivity index (χ1) is 9.10. The fraction of sp³-hybridized carbons (Fsp3) is 0.533. The standard InChI is InChI=1S/C15H20FNO2/c1-2-10-4-3-5-11(8-10)17-12-6-7-14(16)13(9-12)15(18)19/h6-7,9-11,17H,2-5,8H2,1H3,(H,18,19). The maximum atomic E-state index is 13.3. The zero-order valence-corrected chi connectivity index (χ0v) is 11.2. The highest BCUT2D eigenvalue weighted by molar-refractivity contribution is 5.89. The summed E-state index contributed by atoms with van der Waals surface area (Å²) in [7, 11) is 0. The average Bonchev–Trinajstić information content (AvgIpc) is 2.41. The summed E-state index contributed by atoms with van der Waals surface area (Å²) in [5.41, 5.74) is 0.424. The van der Waals surface area contributed by atoms with E-state index >= 15 is 0 Å². The Morgan fingerprint density at radius 3 is 2.95 bits per heavy atom. The summed E-state index contributed by atoms with van der Waals surface area (Å²) in [5.74, 6) is -1.17. The SMILES string of the molecule is CCC1CCCC(Nc2ccc(F)c(C(=O)O)c2)C1. The molecule has 2 atom stereocenters. The normalized spacial score (nSPS) is 23.1. The van der Waals surface area contributed by atoms with Crippen molar-refractivity contribution in [3.8, 4) is 0 Å². The van der Waals surface area contributed by atoms with Gasteiger partial charge in [-0.05, 0) is 37.0 Å². The molecule has 1 saturated carbocycles. The number of carbonyl (C=O) groups is 1. The van der Waals surface area contributed by atoms with Crippen molar-refractivity contribution in [3.63, 3.8) is 0 Å². The Balaban J connectivity index is 2.06. The van der Waals surface area contributed by atoms with Gasteiger partial charge in [-0.15, -0.1) is 0 Å². The Bertz CT molecular complexity index is 461. The van der Waals surface area contributed by atoms with E-state index in [-0.39, 0.29) is 5.56 Å². The molecule has 4 heteroatoms. The van der Waals surface area contributed by atoms with Crippen LogP contribution in [-0.4, -0.2) is 17.1 Å². The van der Waals surface area contributed by atoms with Gasteiger partial charge < -0.3 is 10.4 Å². The lowest BCUT2D eigenvalue weighted by Gasteiger charge is -2.29. The molecule has 1 fully saturated rings. The number of hydrogen-bond acceptors (Lipinski definition) is 2. The van der Waals surface area contributed by atoms with E-state index in [9.17, 15) is 9.18 Å². The molecule has 2 unspecified atom stereocenters. The van der Waals surface area contributed by atoms with Gasteiger partial charge in [-0.3, -0.25) is 0 Å². The highest BCUT2D eigenvalue weighted by Crippen LogP contribution is 2.29. The van der Waals surface area contributed by atoms with Gasteiger partial charge in [0.1, 0.15) is 5.82 Å². The van der Waals surface area contributed by atoms with Gasteiger partial charge in [0.05, 0.1) is 5.56 Å². The molecule has 0 amide bonds. The van der Waals surface area contributed by atoms with Crippen LogP contribution < -0.4 is 5.32 Å². The lowest BCUT2D eigenvalue weighted by molar-refractivity contribution is 0.0692. The molecule has 2 N–H and O–H groups in total. The maximum Gasteiger partial charge on any atom is 0.338 e. The van der Waals surface area contributed by atoms with E-state index in [0.717, 1.165) is 18.8 Å². The second kappa shape index (κ2) is 6.04. The summed E-state index contributed by atoms with van der Waals surface area (Å²) in [6.07, 6.45) is 5.86. The van der Waals surface area contributed by atoms with E-state index in [4.69, 9.17) is 5.11 Å². The number of hydrogen-bond donors (Lipinski definition) is 2. The van der Waals surface area contributed by atoms with E-state index in [1.165, 1.54) is 31.4 Å². The van der Waals surface area contributed by atoms with E-state index in [1.54, 1.807) is 6.07 Å². The quantitative estimate of drug-likeness (QED) is 0.868. The fourth-order valence-corrected chi connectivity index (χ4v) is 2.81. The van der Waals surface area contributed by atoms with Crippen molar-refractivity contribution in [1.82, 2.24) is 0 Å². The number of anilines is 1. The van der Waals surface area contributed by atoms with Crippen LogP contribution in [0.4, 0.5) is 10.1 Å². The molecule has 1 aromatic rings. The molecule has 0 bridgehead atoms. The van der Waals surface area contributed by atoms with Crippen molar-refractivity contribution in [2.75, 3.05) is 5.32 Å². The van der Waals surface area contributed by atoms with E-state index < -0.39 is 11.8 Å². The van der Waals surface area contributed by atoms with Crippen LogP contribution in [0.25, 0.3) is 0 Å². The van der Waals surface area contributed by atoms with Crippen LogP contribution in [0.15, 0.2) is 18.2 Å². The molecule has 0 saturated heterocycles. The molecule has 0 aliphatic heterocycles. The lowest BCUT2D eigenvalue weighted by Crippen LogP contribution is -2.27. The maximum absolute atomic E-state index is 13.3. The Hall–Kier alpha value is -1.58. The van der Waals surface area contributed by atoms with Crippen molar-refractivity contribution in [1.29, 1.82) is 0 Å². The Morgan fingerprint density at radius 2 is 2.26 bits per heavy atom. The fourth-order valence-electron chi connectivity index (χ4n) is 2.81. The molecule has 104 valence electrons. The van der Waals surface area contributed by atoms with Crippen LogP contribution >= 0.6 is 0 Å². The summed E-state index contributed by atoms with van der Waals surface area (Å²) in [5, 5.41) is 12.2. The molecule has 1 aromatic carbocycles. The largest absolute Gasteiger partial charge is 0.478 e. The first-order valence-electron chi connectivity index (χ1n) is 6.89. The predicted octanol–water partition coefficient (Wildman–Crippen LogP) is 3.90. The lowest BCUT2D eigenvalue weighted by atomic mass is 9.84. The van der Waals surface area contributed by atoms with Gasteiger partial charge >= 0.3 is 5.97 Å². The minimum Gasteiger partial charge on any atom is -0.478 e. The third kappa shape index (κ3) is 3.46. The monoisotopic (exact) mass is 265 g/mol. The van der Waals surface area contributed by atoms with E-state index in [1.807, 2.05) is 0 Å². The molecule has 3 nitrogen and oxygen atoms in total. The molecule has 0 radical (unpaired) electrons. The van der Waals surface area contributed by atoms with Crippen LogP contribution in [0.2, 0.25) is 0 Å². The number of carboxylic acid groups (broad SMARTS) is 1. The van der Waals surface area contributed by atoms with Crippen molar-refractivity contribution < 1.29 is 14.3 Å². The van der Waals surface area contributed by atoms with Gasteiger partial charge in [-0.1, -0.05) is 26.2 Å². The molecular weight excluding hydrogens is 245 g/mol. The van der Waals surface area contributed by atoms with Crippen LogP contribution in [-0.2, 0) is 0 Å². The minimum atomic E-state index is -1.23. The first-order valence-corrected chi connectivity index (χ1v) is 6.89. The van der Waals surface area contributed by atoms with Crippen molar-refractivity contribution >= 4 is 11.7 Å². The zero-order chi connectivity index (χ0) is 13.8. The second-order valence-electron chi connectivity index (χ2n) is 5.28. The number of aromatic carboxylic acids is 1. The molecule has 2 rings (SSSR count). The molecule has 0 heterocycles. The minimum absolute atomic E-state index is 0.271. The Kier molecular flexibility index (Phi) is 4.40. The number of nitrogens with one attached hydrogen (secondary N) is 1. The molecule has 0 spiro atoms. The van der Waals surface area contributed by atoms with Gasteiger partial charge in [-0.25, -0.2) is 9.18 Å². The molecule has 1 aliphatic carbocycles. The zero-order valence-electron chi connectivity index (χ0n) is 11.2. The third-order valence-electron chi connectivity index (χ3n) is 3.93. The van der Waals surface area contributed by atoms with Gasteiger partial charge in [-0.2, -0.15) is 0 Å². The summed E-state index contributed by atoms with van der Waals surface area (Å²) in [6, 6.07) is 4.57. The Labute approximate surface area is 112 Å². The van der Waals surface area contributed by atoms with Crippen molar-refractivity contribution in [3.05, 3.63) is 29.6 Å². The summed E-state index contributed by atoms with van der Waals surface area (Å²) in [4.78, 5) is 10.9. The van der Waals surface area contributed by atoms with Crippen LogP contribution in [0, 0.1) is 11.7 Å². The summed E-state index contributed by atoms with van der Waals surface area (Å²) < 4.78 is 13.3. The highest BCUT2D eigenvalue weighted by atomic mass is 19.1. The number of rotatable bonds is 4. The summed E-state index contributed by atoms with van der Waals surface area (Å²) >= 11 is 0. The van der Waals surface area contributed by atoms with Crippen LogP contribution in [0.5, 0.6) is 0 Å². The molecule has 19 heavy (non-hydrogen) atoms. The topological polar surface area (TPSA) is 49.3 Å². The van der Waals surface area contributed by atoms with Gasteiger partial charge in [0.15, 0.2) is 0 Å². The number of carboxylic acids is 1. The number of halogens is 1. The van der Waals surface area contributed by atoms with Crippen LogP contribution in [0.3, 0.4) is 0 Å². The third-order valence-corrected chi connectivity index (χ3v) is 3.93. The van der Waals surface area contributed by atoms with E-state index in [2.05, 4.69) is 12.2 Å². The predicted molar refractivity (Wildman–Crippen MR) is 73.0 cm³/mol. The van der Waals surface area contributed by atoms with Gasteiger partial charge in [0.2, 0.25) is 0 Å². The molecule has 0 aromatic heterocycles. The average molecular weight is 265 g/mol. The van der Waals surface area contributed by atoms with Gasteiger partial charge in [0.25, 0.3) is 0 Å². The van der Waals surface area contributed by atoms with Gasteiger partial charge in [0, 0.05) is 11.7 Å². The number of benzene rings is 1. The van der Waals surface area contributed by atoms with Crippen molar-refractivity contribution in [2.45, 2.75) is 45.1 Å². The summed E-state index contributed by atoms with van der Waals surface area (Å²) in [6.45, 7) is 2.20. The van der Waals surface area contributed by atoms with E-state index in [0.29, 0.717) is 11.7 Å². The second-order valence-corrected chi connectivity index (χ2v) is 5.28. The highest BCUT2D eigenvalue weighted by Gasteiger charge is 2.21.